The Morgan fingerprint density at radius 3 is 2.77 bits per heavy atom. The van der Waals surface area contributed by atoms with Gasteiger partial charge in [-0.1, -0.05) is 11.6 Å². The van der Waals surface area contributed by atoms with Crippen molar-refractivity contribution in [2.24, 2.45) is 0 Å². The van der Waals surface area contributed by atoms with Gasteiger partial charge in [0.05, 0.1) is 11.6 Å². The summed E-state index contributed by atoms with van der Waals surface area (Å²) >= 11 is 9.92. The molecule has 66 valence electrons. The summed E-state index contributed by atoms with van der Waals surface area (Å²) in [5.41, 5.74) is 0.590. The molecule has 0 aliphatic rings. The summed E-state index contributed by atoms with van der Waals surface area (Å²) in [7, 11) is 0. The monoisotopic (exact) mass is 214 g/mol. The minimum absolute atomic E-state index is 0.00879. The van der Waals surface area contributed by atoms with Crippen LogP contribution in [0.5, 0.6) is 0 Å². The number of nitrogens with one attached hydrogen (secondary N) is 1. The van der Waals surface area contributed by atoms with Gasteiger partial charge in [0.1, 0.15) is 5.82 Å². The molecule has 0 saturated carbocycles. The lowest BCUT2D eigenvalue weighted by Gasteiger charge is -2.02. The first kappa shape index (κ1) is 9.90. The first-order valence-electron chi connectivity index (χ1n) is 3.29. The van der Waals surface area contributed by atoms with Crippen LogP contribution in [0.15, 0.2) is 18.2 Å². The van der Waals surface area contributed by atoms with Crippen LogP contribution in [0.1, 0.15) is 5.56 Å². The Labute approximate surface area is 84.9 Å². The van der Waals surface area contributed by atoms with Crippen molar-refractivity contribution in [2.45, 2.75) is 0 Å². The van der Waals surface area contributed by atoms with Crippen molar-refractivity contribution in [3.63, 3.8) is 0 Å². The summed E-state index contributed by atoms with van der Waals surface area (Å²) in [6.07, 6.45) is 0. The Morgan fingerprint density at radius 2 is 2.23 bits per heavy atom. The molecular formula is C8H4ClFN2S. The second-order valence-corrected chi connectivity index (χ2v) is 3.25. The van der Waals surface area contributed by atoms with Gasteiger partial charge in [0.15, 0.2) is 4.45 Å². The van der Waals surface area contributed by atoms with E-state index in [4.69, 9.17) is 16.9 Å². The van der Waals surface area contributed by atoms with E-state index in [1.54, 1.807) is 0 Å². The molecule has 0 saturated heterocycles. The number of nitrogens with zero attached hydrogens (tertiary/aromatic N) is 1. The van der Waals surface area contributed by atoms with Crippen molar-refractivity contribution in [1.29, 1.82) is 5.26 Å². The maximum Gasteiger partial charge on any atom is 0.171 e. The molecule has 1 aromatic rings. The highest BCUT2D eigenvalue weighted by Gasteiger charge is 2.00. The highest BCUT2D eigenvalue weighted by atomic mass is 35.5. The number of hydrogen-bond acceptors (Lipinski definition) is 2. The van der Waals surface area contributed by atoms with Crippen molar-refractivity contribution in [1.82, 2.24) is 0 Å². The predicted octanol–water partition coefficient (Wildman–Crippen LogP) is 2.63. The number of halogens is 2. The van der Waals surface area contributed by atoms with Crippen molar-refractivity contribution in [3.8, 4) is 6.07 Å². The number of anilines is 1. The van der Waals surface area contributed by atoms with Gasteiger partial charge in [-0.05, 0) is 30.4 Å². The molecule has 0 amide bonds. The van der Waals surface area contributed by atoms with E-state index in [9.17, 15) is 4.39 Å². The molecule has 0 bridgehead atoms. The lowest BCUT2D eigenvalue weighted by Crippen LogP contribution is -2.01. The van der Waals surface area contributed by atoms with Crippen LogP contribution in [-0.4, -0.2) is 4.45 Å². The zero-order valence-corrected chi connectivity index (χ0v) is 7.92. The van der Waals surface area contributed by atoms with Gasteiger partial charge in [0, 0.05) is 5.69 Å². The molecule has 0 unspecified atom stereocenters. The van der Waals surface area contributed by atoms with Gasteiger partial charge in [-0.3, -0.25) is 0 Å². The van der Waals surface area contributed by atoms with Gasteiger partial charge in [-0.2, -0.15) is 5.26 Å². The van der Waals surface area contributed by atoms with Crippen LogP contribution in [0.4, 0.5) is 10.1 Å². The maximum atomic E-state index is 12.8. The number of benzene rings is 1. The fourth-order valence-corrected chi connectivity index (χ4v) is 1.07. The Bertz CT molecular complexity index is 386. The lowest BCUT2D eigenvalue weighted by atomic mass is 10.2. The van der Waals surface area contributed by atoms with E-state index in [2.05, 4.69) is 17.5 Å². The van der Waals surface area contributed by atoms with Gasteiger partial charge in [0.2, 0.25) is 0 Å². The van der Waals surface area contributed by atoms with E-state index in [0.717, 1.165) is 6.07 Å². The van der Waals surface area contributed by atoms with Crippen LogP contribution >= 0.6 is 23.8 Å². The number of hydrogen-bond donors (Lipinski definition) is 1. The zero-order chi connectivity index (χ0) is 9.84. The van der Waals surface area contributed by atoms with E-state index in [0.29, 0.717) is 5.69 Å². The normalized spacial score (nSPS) is 9.00. The second-order valence-electron chi connectivity index (χ2n) is 2.24. The fourth-order valence-electron chi connectivity index (χ4n) is 0.840. The summed E-state index contributed by atoms with van der Waals surface area (Å²) in [6, 6.07) is 5.60. The van der Waals surface area contributed by atoms with E-state index >= 15 is 0 Å². The third-order valence-electron chi connectivity index (χ3n) is 1.27. The number of rotatable bonds is 1. The van der Waals surface area contributed by atoms with Crippen molar-refractivity contribution < 1.29 is 4.39 Å². The first-order valence-corrected chi connectivity index (χ1v) is 4.07. The van der Waals surface area contributed by atoms with Crippen LogP contribution in [-0.2, 0) is 0 Å². The van der Waals surface area contributed by atoms with E-state index in [1.165, 1.54) is 12.1 Å². The molecule has 2 nitrogen and oxygen atoms in total. The van der Waals surface area contributed by atoms with E-state index < -0.39 is 5.82 Å². The third kappa shape index (κ3) is 2.98. The highest BCUT2D eigenvalue weighted by Crippen LogP contribution is 2.13. The molecule has 0 spiro atoms. The summed E-state index contributed by atoms with van der Waals surface area (Å²) in [4.78, 5) is 0. The molecule has 0 fully saturated rings. The average Bonchev–Trinajstić information content (AvgIpc) is 2.01. The second kappa shape index (κ2) is 4.17. The van der Waals surface area contributed by atoms with Crippen LogP contribution in [0.25, 0.3) is 0 Å². The van der Waals surface area contributed by atoms with E-state index in [1.807, 2.05) is 6.07 Å². The van der Waals surface area contributed by atoms with Gasteiger partial charge >= 0.3 is 0 Å². The standard InChI is InChI=1S/C8H4ClFN2S/c9-8(13)12-7-2-5(4-11)1-6(10)3-7/h1-3H,(H,12,13). The minimum Gasteiger partial charge on any atom is -0.337 e. The Balaban J connectivity index is 3.03. The molecule has 13 heavy (non-hydrogen) atoms. The molecule has 5 heteroatoms. The number of nitriles is 1. The largest absolute Gasteiger partial charge is 0.337 e. The zero-order valence-electron chi connectivity index (χ0n) is 6.34. The van der Waals surface area contributed by atoms with Crippen LogP contribution in [0.2, 0.25) is 0 Å². The van der Waals surface area contributed by atoms with Gasteiger partial charge in [-0.25, -0.2) is 4.39 Å². The minimum atomic E-state index is -0.505. The van der Waals surface area contributed by atoms with Crippen LogP contribution in [0.3, 0.4) is 0 Å². The molecule has 0 aromatic heterocycles. The summed E-state index contributed by atoms with van der Waals surface area (Å²) in [5.74, 6) is -0.505. The topological polar surface area (TPSA) is 35.8 Å². The molecule has 0 heterocycles. The maximum absolute atomic E-state index is 12.8. The Morgan fingerprint density at radius 1 is 1.54 bits per heavy atom. The molecule has 1 N–H and O–H groups in total. The molecule has 1 aromatic carbocycles. The van der Waals surface area contributed by atoms with Crippen LogP contribution in [0, 0.1) is 17.1 Å². The molecule has 0 aliphatic heterocycles. The van der Waals surface area contributed by atoms with Crippen molar-refractivity contribution >= 4 is 34.0 Å². The van der Waals surface area contributed by atoms with Gasteiger partial charge < -0.3 is 5.32 Å². The first-order chi connectivity index (χ1) is 6.11. The molecule has 0 aliphatic carbocycles. The highest BCUT2D eigenvalue weighted by molar-refractivity contribution is 7.83. The van der Waals surface area contributed by atoms with Crippen molar-refractivity contribution in [2.75, 3.05) is 5.32 Å². The Hall–Kier alpha value is -1.18. The molecular weight excluding hydrogens is 211 g/mol. The summed E-state index contributed by atoms with van der Waals surface area (Å²) < 4.78 is 12.8. The smallest absolute Gasteiger partial charge is 0.171 e. The van der Waals surface area contributed by atoms with Crippen LogP contribution < -0.4 is 5.32 Å². The van der Waals surface area contributed by atoms with E-state index in [-0.39, 0.29) is 10.0 Å². The number of thiocarbonyl (C=S) groups is 1. The molecule has 0 atom stereocenters. The summed E-state index contributed by atoms with van der Waals surface area (Å²) in [6.45, 7) is 0. The lowest BCUT2D eigenvalue weighted by molar-refractivity contribution is 0.628. The average molecular weight is 215 g/mol. The molecule has 1 rings (SSSR count). The summed E-state index contributed by atoms with van der Waals surface area (Å²) in [5, 5.41) is 11.0. The van der Waals surface area contributed by atoms with Crippen molar-refractivity contribution in [3.05, 3.63) is 29.6 Å². The van der Waals surface area contributed by atoms with Gasteiger partial charge in [0.25, 0.3) is 0 Å². The predicted molar refractivity (Wildman–Crippen MR) is 53.2 cm³/mol. The van der Waals surface area contributed by atoms with Gasteiger partial charge in [-0.15, -0.1) is 0 Å². The quantitative estimate of drug-likeness (QED) is 0.444. The fraction of sp³-hybridized carbons (Fsp3) is 0. The SMILES string of the molecule is N#Cc1cc(F)cc(NC(=S)Cl)c1. The third-order valence-corrected chi connectivity index (χ3v) is 1.47. The molecule has 0 radical (unpaired) electrons. The Kier molecular flexibility index (Phi) is 3.18.